The monoisotopic (exact) mass is 471 g/mol. The van der Waals surface area contributed by atoms with Gasteiger partial charge in [0.15, 0.2) is 4.90 Å². The molecule has 1 aliphatic rings. The van der Waals surface area contributed by atoms with Crippen LogP contribution in [-0.2, 0) is 16.2 Å². The lowest BCUT2D eigenvalue weighted by Crippen LogP contribution is -2.26. The van der Waals surface area contributed by atoms with E-state index in [0.29, 0.717) is 32.5 Å². The summed E-state index contributed by atoms with van der Waals surface area (Å²) in [5, 5.41) is 6.08. The number of hydrogen-bond donors (Lipinski definition) is 3. The fourth-order valence-electron chi connectivity index (χ4n) is 2.90. The minimum Gasteiger partial charge on any atom is -0.588 e. The van der Waals surface area contributed by atoms with Crippen molar-refractivity contribution in [3.63, 3.8) is 0 Å². The highest BCUT2D eigenvalue weighted by atomic mass is 35.5. The molecular formula is C22H18ClN3O3S2. The molecule has 31 heavy (non-hydrogen) atoms. The first-order chi connectivity index (χ1) is 14.9. The van der Waals surface area contributed by atoms with Crippen LogP contribution in [0.4, 0.5) is 17.1 Å². The molecule has 9 heteroatoms. The van der Waals surface area contributed by atoms with Crippen LogP contribution in [0.3, 0.4) is 0 Å². The van der Waals surface area contributed by atoms with Gasteiger partial charge in [-0.2, -0.15) is 0 Å². The van der Waals surface area contributed by atoms with E-state index in [1.165, 1.54) is 11.8 Å². The van der Waals surface area contributed by atoms with Gasteiger partial charge >= 0.3 is 0 Å². The van der Waals surface area contributed by atoms with Crippen molar-refractivity contribution in [3.8, 4) is 0 Å². The van der Waals surface area contributed by atoms with Gasteiger partial charge in [-0.1, -0.05) is 11.6 Å². The van der Waals surface area contributed by atoms with Crippen molar-refractivity contribution < 1.29 is 14.1 Å². The van der Waals surface area contributed by atoms with Gasteiger partial charge < -0.3 is 15.2 Å². The van der Waals surface area contributed by atoms with Crippen LogP contribution >= 0.6 is 23.4 Å². The number of nitrogens with one attached hydrogen (secondary N) is 3. The van der Waals surface area contributed by atoms with Crippen molar-refractivity contribution in [2.75, 3.05) is 15.4 Å². The van der Waals surface area contributed by atoms with Crippen molar-refractivity contribution >= 4 is 63.6 Å². The number of carbonyl (C=O) groups excluding carboxylic acids is 2. The van der Waals surface area contributed by atoms with Crippen LogP contribution in [0.25, 0.3) is 0 Å². The van der Waals surface area contributed by atoms with Crippen molar-refractivity contribution in [1.82, 2.24) is 0 Å². The molecule has 0 spiro atoms. The third-order valence-electron chi connectivity index (χ3n) is 4.55. The summed E-state index contributed by atoms with van der Waals surface area (Å²) in [5.41, 5.74) is 2.33. The Bertz CT molecular complexity index is 1120. The molecule has 4 rings (SSSR count). The molecule has 0 aliphatic carbocycles. The standard InChI is InChI=1S/C22H18ClN3O3S2/c1-13-21(27)25-19-12-14(2-11-20(19)30-13)22(28)24-16-7-9-18(10-8-16)31(29)26-17-5-3-15(23)4-6-17/h2-13,26H,1H3,(H,24,28)(H,25,27). The first-order valence-electron chi connectivity index (χ1n) is 9.36. The molecule has 2 amide bonds. The number of hydrogen-bond acceptors (Lipinski definition) is 5. The lowest BCUT2D eigenvalue weighted by Gasteiger charge is -2.21. The largest absolute Gasteiger partial charge is 0.588 e. The molecule has 0 fully saturated rings. The summed E-state index contributed by atoms with van der Waals surface area (Å²) in [5.74, 6) is -0.375. The molecule has 0 saturated heterocycles. The second-order valence-corrected chi connectivity index (χ2v) is 9.85. The Kier molecular flexibility index (Phi) is 6.43. The normalized spacial score (nSPS) is 16.1. The van der Waals surface area contributed by atoms with Gasteiger partial charge in [-0.15, -0.1) is 11.8 Å². The lowest BCUT2D eigenvalue weighted by molar-refractivity contribution is -0.115. The van der Waals surface area contributed by atoms with Crippen molar-refractivity contribution in [3.05, 3.63) is 77.3 Å². The smallest absolute Gasteiger partial charge is 0.255 e. The minimum atomic E-state index is -1.45. The van der Waals surface area contributed by atoms with Gasteiger partial charge in [0.1, 0.15) is 11.4 Å². The highest BCUT2D eigenvalue weighted by Gasteiger charge is 2.23. The Morgan fingerprint density at radius 1 is 1.06 bits per heavy atom. The molecule has 158 valence electrons. The van der Waals surface area contributed by atoms with Crippen molar-refractivity contribution in [2.24, 2.45) is 0 Å². The lowest BCUT2D eigenvalue weighted by atomic mass is 10.1. The van der Waals surface area contributed by atoms with Crippen LogP contribution in [0, 0.1) is 0 Å². The van der Waals surface area contributed by atoms with Gasteiger partial charge in [-0.05, 0) is 73.7 Å². The van der Waals surface area contributed by atoms with Crippen LogP contribution < -0.4 is 15.4 Å². The van der Waals surface area contributed by atoms with Gasteiger partial charge in [0.25, 0.3) is 5.91 Å². The van der Waals surface area contributed by atoms with Crippen molar-refractivity contribution in [2.45, 2.75) is 22.0 Å². The summed E-state index contributed by atoms with van der Waals surface area (Å²) in [6.45, 7) is 1.84. The second kappa shape index (κ2) is 9.23. The second-order valence-electron chi connectivity index (χ2n) is 6.82. The Labute approximate surface area is 192 Å². The van der Waals surface area contributed by atoms with Crippen LogP contribution in [-0.4, -0.2) is 21.6 Å². The average Bonchev–Trinajstić information content (AvgIpc) is 2.76. The third-order valence-corrected chi connectivity index (χ3v) is 7.10. The van der Waals surface area contributed by atoms with E-state index in [1.807, 2.05) is 13.0 Å². The molecule has 0 saturated carbocycles. The zero-order chi connectivity index (χ0) is 22.0. The summed E-state index contributed by atoms with van der Waals surface area (Å²) < 4.78 is 15.4. The fourth-order valence-corrected chi connectivity index (χ4v) is 4.81. The molecule has 2 unspecified atom stereocenters. The molecule has 3 aromatic rings. The maximum Gasteiger partial charge on any atom is 0.255 e. The molecule has 1 heterocycles. The Balaban J connectivity index is 1.40. The molecule has 2 atom stereocenters. The predicted molar refractivity (Wildman–Crippen MR) is 126 cm³/mol. The third kappa shape index (κ3) is 5.16. The van der Waals surface area contributed by atoms with E-state index < -0.39 is 11.4 Å². The number of rotatable bonds is 5. The van der Waals surface area contributed by atoms with Gasteiger partial charge in [0.05, 0.1) is 16.6 Å². The predicted octanol–water partition coefficient (Wildman–Crippen LogP) is 5.16. The van der Waals surface area contributed by atoms with Crippen LogP contribution in [0.1, 0.15) is 17.3 Å². The Hall–Kier alpha value is -2.65. The van der Waals surface area contributed by atoms with Crippen LogP contribution in [0.2, 0.25) is 5.02 Å². The van der Waals surface area contributed by atoms with Crippen LogP contribution in [0.5, 0.6) is 0 Å². The number of fused-ring (bicyclic) bond motifs is 1. The van der Waals surface area contributed by atoms with E-state index in [2.05, 4.69) is 15.4 Å². The maximum atomic E-state index is 12.6. The number of anilines is 3. The van der Waals surface area contributed by atoms with E-state index in [-0.39, 0.29) is 17.1 Å². The fraction of sp³-hybridized carbons (Fsp3) is 0.0909. The first-order valence-corrected chi connectivity index (χ1v) is 11.8. The molecule has 3 N–H and O–H groups in total. The van der Waals surface area contributed by atoms with E-state index in [0.717, 1.165) is 4.90 Å². The van der Waals surface area contributed by atoms with Crippen molar-refractivity contribution in [1.29, 1.82) is 0 Å². The SMILES string of the molecule is CC1Sc2ccc(C(=O)Nc3ccc([S+]([O-])Nc4ccc(Cl)cc4)cc3)cc2NC1=O. The average molecular weight is 472 g/mol. The summed E-state index contributed by atoms with van der Waals surface area (Å²) in [6.07, 6.45) is 0. The Morgan fingerprint density at radius 2 is 1.74 bits per heavy atom. The number of amides is 2. The van der Waals surface area contributed by atoms with Gasteiger partial charge in [-0.3, -0.25) is 9.59 Å². The molecule has 3 aromatic carbocycles. The van der Waals surface area contributed by atoms with Gasteiger partial charge in [0, 0.05) is 21.2 Å². The summed E-state index contributed by atoms with van der Waals surface area (Å²) in [6, 6.07) is 18.9. The van der Waals surface area contributed by atoms with E-state index in [1.54, 1.807) is 60.7 Å². The first kappa shape index (κ1) is 21.6. The van der Waals surface area contributed by atoms with E-state index >= 15 is 0 Å². The number of carbonyl (C=O) groups is 2. The molecule has 0 bridgehead atoms. The molecular weight excluding hydrogens is 454 g/mol. The topological polar surface area (TPSA) is 93.3 Å². The number of benzene rings is 3. The molecule has 0 radical (unpaired) electrons. The van der Waals surface area contributed by atoms with Crippen LogP contribution in [0.15, 0.2) is 76.5 Å². The summed E-state index contributed by atoms with van der Waals surface area (Å²) in [4.78, 5) is 26.0. The highest BCUT2D eigenvalue weighted by Crippen LogP contribution is 2.36. The molecule has 0 aromatic heterocycles. The van der Waals surface area contributed by atoms with E-state index in [9.17, 15) is 14.1 Å². The van der Waals surface area contributed by atoms with Gasteiger partial charge in [0.2, 0.25) is 5.91 Å². The zero-order valence-electron chi connectivity index (χ0n) is 16.3. The zero-order valence-corrected chi connectivity index (χ0v) is 18.7. The summed E-state index contributed by atoms with van der Waals surface area (Å²) in [7, 11) is 0. The number of thioether (sulfide) groups is 1. The summed E-state index contributed by atoms with van der Waals surface area (Å²) >= 11 is 5.87. The maximum absolute atomic E-state index is 12.6. The number of halogens is 1. The quantitative estimate of drug-likeness (QED) is 0.447. The van der Waals surface area contributed by atoms with Gasteiger partial charge in [-0.25, -0.2) is 4.72 Å². The highest BCUT2D eigenvalue weighted by molar-refractivity contribution is 8.01. The molecule has 6 nitrogen and oxygen atoms in total. The minimum absolute atomic E-state index is 0.0779. The Morgan fingerprint density at radius 3 is 2.45 bits per heavy atom. The van der Waals surface area contributed by atoms with E-state index in [4.69, 9.17) is 11.6 Å². The molecule has 1 aliphatic heterocycles.